The van der Waals surface area contributed by atoms with Gasteiger partial charge in [-0.05, 0) is 81.6 Å². The number of halogens is 2. The number of hydrogen-bond donors (Lipinski definition) is 1. The summed E-state index contributed by atoms with van der Waals surface area (Å²) in [6, 6.07) is 24.5. The van der Waals surface area contributed by atoms with E-state index >= 15 is 0 Å². The molecule has 5 heteroatoms. The largest absolute Gasteiger partial charge is 0.507 e. The van der Waals surface area contributed by atoms with Crippen molar-refractivity contribution < 1.29 is 19.0 Å². The van der Waals surface area contributed by atoms with E-state index in [2.05, 4.69) is 59.7 Å². The third-order valence-electron chi connectivity index (χ3n) is 8.31. The van der Waals surface area contributed by atoms with Crippen molar-refractivity contribution in [2.24, 2.45) is 0 Å². The maximum atomic E-state index is 14.8. The van der Waals surface area contributed by atoms with Crippen LogP contribution >= 0.6 is 11.6 Å². The van der Waals surface area contributed by atoms with Gasteiger partial charge in [-0.2, -0.15) is 0 Å². The van der Waals surface area contributed by atoms with E-state index in [9.17, 15) is 9.50 Å². The fourth-order valence-electron chi connectivity index (χ4n) is 6.14. The molecule has 0 saturated carbocycles. The van der Waals surface area contributed by atoms with Crippen LogP contribution in [0.1, 0.15) is 92.8 Å². The predicted molar refractivity (Wildman–Crippen MR) is 168 cm³/mol. The minimum Gasteiger partial charge on any atom is -0.507 e. The molecule has 0 unspecified atom stereocenters. The molecule has 2 aliphatic rings. The smallest absolute Gasteiger partial charge is 0.279 e. The van der Waals surface area contributed by atoms with Gasteiger partial charge in [-0.3, -0.25) is 0 Å². The number of phenols is 1. The van der Waals surface area contributed by atoms with Crippen LogP contribution in [0, 0.1) is 5.82 Å². The van der Waals surface area contributed by atoms with Crippen molar-refractivity contribution in [1.29, 1.82) is 0 Å². The van der Waals surface area contributed by atoms with E-state index < -0.39 is 5.79 Å². The highest BCUT2D eigenvalue weighted by Crippen LogP contribution is 2.54. The molecule has 6 rings (SSSR count). The summed E-state index contributed by atoms with van der Waals surface area (Å²) in [5.74, 6) is -0.209. The van der Waals surface area contributed by atoms with Crippen molar-refractivity contribution in [2.45, 2.75) is 70.5 Å². The molecule has 0 radical (unpaired) electrons. The summed E-state index contributed by atoms with van der Waals surface area (Å²) in [6.45, 7) is 12.6. The zero-order valence-electron chi connectivity index (χ0n) is 24.9. The van der Waals surface area contributed by atoms with Crippen LogP contribution in [-0.4, -0.2) is 5.11 Å². The van der Waals surface area contributed by atoms with Crippen molar-refractivity contribution >= 4 is 23.4 Å². The van der Waals surface area contributed by atoms with Gasteiger partial charge in [-0.15, -0.1) is 0 Å². The predicted octanol–water partition coefficient (Wildman–Crippen LogP) is 10.1. The second-order valence-corrected chi connectivity index (χ2v) is 13.9. The first kappa shape index (κ1) is 28.4. The molecule has 4 aromatic rings. The van der Waals surface area contributed by atoms with Crippen molar-refractivity contribution in [3.63, 3.8) is 0 Å². The summed E-state index contributed by atoms with van der Waals surface area (Å²) >= 11 is 6.20. The normalized spacial score (nSPS) is 19.8. The van der Waals surface area contributed by atoms with E-state index in [1.807, 2.05) is 48.5 Å². The van der Waals surface area contributed by atoms with Crippen LogP contribution in [0.25, 0.3) is 11.8 Å². The summed E-state index contributed by atoms with van der Waals surface area (Å²) in [4.78, 5) is 0. The molecule has 1 spiro atoms. The summed E-state index contributed by atoms with van der Waals surface area (Å²) in [6.07, 6.45) is 2.43. The zero-order chi connectivity index (χ0) is 30.0. The fraction of sp³-hybridized carbons (Fsp3) is 0.297. The van der Waals surface area contributed by atoms with E-state index in [0.717, 1.165) is 38.9 Å². The zero-order valence-corrected chi connectivity index (χ0v) is 25.6. The third-order valence-corrected chi connectivity index (χ3v) is 8.56. The lowest BCUT2D eigenvalue weighted by molar-refractivity contribution is -0.159. The highest BCUT2D eigenvalue weighted by molar-refractivity contribution is 6.30. The molecule has 0 aromatic heterocycles. The first-order chi connectivity index (χ1) is 19.7. The van der Waals surface area contributed by atoms with Crippen LogP contribution in [0.15, 0.2) is 78.9 Å². The van der Waals surface area contributed by atoms with Crippen LogP contribution in [0.3, 0.4) is 0 Å². The number of benzene rings is 4. The van der Waals surface area contributed by atoms with Gasteiger partial charge < -0.3 is 14.6 Å². The minimum atomic E-state index is -1.17. The van der Waals surface area contributed by atoms with Gasteiger partial charge in [0.15, 0.2) is 0 Å². The summed E-state index contributed by atoms with van der Waals surface area (Å²) in [5.41, 5.74) is 5.62. The lowest BCUT2D eigenvalue weighted by atomic mass is 9.73. The fourth-order valence-corrected chi connectivity index (χ4v) is 6.26. The van der Waals surface area contributed by atoms with Gasteiger partial charge in [-0.25, -0.2) is 4.39 Å². The third kappa shape index (κ3) is 4.96. The van der Waals surface area contributed by atoms with Gasteiger partial charge in [0.2, 0.25) is 0 Å². The Balaban J connectivity index is 1.58. The topological polar surface area (TPSA) is 38.7 Å². The van der Waals surface area contributed by atoms with Crippen LogP contribution < -0.4 is 4.74 Å². The molecule has 0 fully saturated rings. The second-order valence-electron chi connectivity index (χ2n) is 13.5. The molecular weight excluding hydrogens is 547 g/mol. The van der Waals surface area contributed by atoms with Gasteiger partial charge in [0.1, 0.15) is 23.1 Å². The highest BCUT2D eigenvalue weighted by atomic mass is 35.5. The molecule has 4 aromatic carbocycles. The number of phenolic OH excluding ortho intramolecular Hbond substituents is 1. The number of fused-ring (bicyclic) bond motifs is 3. The lowest BCUT2D eigenvalue weighted by Gasteiger charge is -2.45. The Hall–Kier alpha value is -3.76. The first-order valence-electron chi connectivity index (χ1n) is 14.4. The summed E-state index contributed by atoms with van der Waals surface area (Å²) in [5, 5.41) is 12.1. The molecule has 2 heterocycles. The van der Waals surface area contributed by atoms with Crippen LogP contribution in [0.4, 0.5) is 4.39 Å². The first-order valence-corrected chi connectivity index (χ1v) is 14.8. The highest BCUT2D eigenvalue weighted by Gasteiger charge is 2.49. The van der Waals surface area contributed by atoms with Crippen LogP contribution in [0.2, 0.25) is 5.02 Å². The molecule has 0 bridgehead atoms. The lowest BCUT2D eigenvalue weighted by Crippen LogP contribution is -2.43. The Labute approximate surface area is 252 Å². The number of ether oxygens (including phenoxy) is 2. The van der Waals surface area contributed by atoms with Crippen molar-refractivity contribution in [1.82, 2.24) is 0 Å². The van der Waals surface area contributed by atoms with E-state index in [1.54, 1.807) is 12.1 Å². The van der Waals surface area contributed by atoms with Crippen molar-refractivity contribution in [3.8, 4) is 11.5 Å². The molecule has 2 atom stereocenters. The molecule has 3 nitrogen and oxygen atoms in total. The average Bonchev–Trinajstić information content (AvgIpc) is 2.92. The summed E-state index contributed by atoms with van der Waals surface area (Å²) < 4.78 is 28.5. The van der Waals surface area contributed by atoms with E-state index in [0.29, 0.717) is 28.7 Å². The van der Waals surface area contributed by atoms with Gasteiger partial charge >= 0.3 is 0 Å². The number of hydrogen-bond acceptors (Lipinski definition) is 3. The second kappa shape index (κ2) is 9.91. The SMILES string of the molecule is CC(C)(C)c1cc([C@H]2C[C@]3(OC(c4ccc(Cl)cc4)=Cc4ccccc43)Oc3ccc(F)cc32)cc(C(C)(C)C)c1O. The van der Waals surface area contributed by atoms with Crippen molar-refractivity contribution in [2.75, 3.05) is 0 Å². The Morgan fingerprint density at radius 3 is 2.12 bits per heavy atom. The van der Waals surface area contributed by atoms with Crippen molar-refractivity contribution in [3.05, 3.63) is 129 Å². The van der Waals surface area contributed by atoms with E-state index in [-0.39, 0.29) is 22.6 Å². The van der Waals surface area contributed by atoms with E-state index in [4.69, 9.17) is 21.1 Å². The molecule has 42 heavy (non-hydrogen) atoms. The quantitative estimate of drug-likeness (QED) is 0.255. The molecule has 0 amide bonds. The van der Waals surface area contributed by atoms with Gasteiger partial charge in [0.05, 0.1) is 0 Å². The maximum Gasteiger partial charge on any atom is 0.279 e. The molecule has 0 saturated heterocycles. The Kier molecular flexibility index (Phi) is 6.69. The van der Waals surface area contributed by atoms with E-state index in [1.165, 1.54) is 6.07 Å². The minimum absolute atomic E-state index is 0.273. The Bertz CT molecular complexity index is 1670. The Morgan fingerprint density at radius 1 is 0.833 bits per heavy atom. The van der Waals surface area contributed by atoms with Crippen LogP contribution in [0.5, 0.6) is 11.5 Å². The Morgan fingerprint density at radius 2 is 1.48 bits per heavy atom. The molecule has 1 N–H and O–H groups in total. The number of rotatable bonds is 2. The molecule has 216 valence electrons. The average molecular weight is 583 g/mol. The maximum absolute atomic E-state index is 14.8. The molecular formula is C37H36ClFO3. The molecule has 2 aliphatic heterocycles. The molecule has 0 aliphatic carbocycles. The summed E-state index contributed by atoms with van der Waals surface area (Å²) in [7, 11) is 0. The van der Waals surface area contributed by atoms with Gasteiger partial charge in [0.25, 0.3) is 5.79 Å². The standard InChI is InChI=1S/C37H36ClFO3/c1-35(2,3)30-17-24(18-31(34(30)40)36(4,5)6)28-21-37(41-32-16-15-26(39)20-27(28)32)29-10-8-7-9-23(29)19-33(42-37)22-11-13-25(38)14-12-22/h7-20,28,40H,21H2,1-6H3/t28-,37-/m1/s1. The van der Waals surface area contributed by atoms with Crippen LogP contribution in [-0.2, 0) is 21.4 Å². The van der Waals surface area contributed by atoms with Gasteiger partial charge in [0, 0.05) is 34.1 Å². The van der Waals surface area contributed by atoms with Gasteiger partial charge in [-0.1, -0.05) is 89.5 Å². The monoisotopic (exact) mass is 582 g/mol. The number of aromatic hydroxyl groups is 1.